The molecule has 0 aliphatic rings. The quantitative estimate of drug-likeness (QED) is 0.695. The van der Waals surface area contributed by atoms with E-state index in [1.807, 2.05) is 20.8 Å². The molecular formula is C19H24Cl2N2O4. The van der Waals surface area contributed by atoms with Gasteiger partial charge in [-0.1, -0.05) is 29.3 Å². The normalized spacial score (nSPS) is 11.6. The molecule has 0 spiro atoms. The number of hydrogen-bond acceptors (Lipinski definition) is 4. The number of hydrogen-bond donors (Lipinski definition) is 1. The predicted octanol–water partition coefficient (Wildman–Crippen LogP) is 3.95. The Balaban J connectivity index is 2.41. The number of nitrogens with one attached hydrogen (secondary N) is 1. The van der Waals surface area contributed by atoms with E-state index in [1.165, 1.54) is 4.68 Å². The van der Waals surface area contributed by atoms with Crippen LogP contribution in [0.1, 0.15) is 44.5 Å². The number of ether oxygens (including phenoxy) is 2. The van der Waals surface area contributed by atoms with Crippen molar-refractivity contribution in [3.63, 3.8) is 0 Å². The standard InChI is InChI=1S/C19H24Cl2N2O4/c1-5-26-17(24)10-23-18(25)13(16(22-23)11-27-19(2,3)4)9-12-14(20)7-6-8-15(12)21/h6-8,22H,5,9-11H2,1-4H3. The van der Waals surface area contributed by atoms with Gasteiger partial charge in [0.05, 0.1) is 24.5 Å². The number of halogens is 2. The molecule has 1 aromatic carbocycles. The highest BCUT2D eigenvalue weighted by Crippen LogP contribution is 2.27. The van der Waals surface area contributed by atoms with Crippen LogP contribution in [0.5, 0.6) is 0 Å². The first-order valence-corrected chi connectivity index (χ1v) is 9.41. The van der Waals surface area contributed by atoms with E-state index in [9.17, 15) is 9.59 Å². The number of aromatic nitrogens is 2. The van der Waals surface area contributed by atoms with Crippen LogP contribution in [0.25, 0.3) is 0 Å². The molecule has 8 heteroatoms. The van der Waals surface area contributed by atoms with Crippen molar-refractivity contribution in [3.05, 3.63) is 55.4 Å². The van der Waals surface area contributed by atoms with E-state index in [4.69, 9.17) is 32.7 Å². The van der Waals surface area contributed by atoms with E-state index >= 15 is 0 Å². The maximum Gasteiger partial charge on any atom is 0.327 e. The summed E-state index contributed by atoms with van der Waals surface area (Å²) >= 11 is 12.5. The van der Waals surface area contributed by atoms with Crippen molar-refractivity contribution in [2.24, 2.45) is 0 Å². The van der Waals surface area contributed by atoms with Crippen LogP contribution in [0.3, 0.4) is 0 Å². The zero-order chi connectivity index (χ0) is 20.2. The van der Waals surface area contributed by atoms with Crippen molar-refractivity contribution in [3.8, 4) is 0 Å². The molecule has 6 nitrogen and oxygen atoms in total. The molecule has 148 valence electrons. The Kier molecular flexibility index (Phi) is 7.14. The second-order valence-corrected chi connectivity index (χ2v) is 7.86. The third-order valence-electron chi connectivity index (χ3n) is 3.79. The summed E-state index contributed by atoms with van der Waals surface area (Å²) in [6.07, 6.45) is 0.229. The van der Waals surface area contributed by atoms with Crippen molar-refractivity contribution in [2.75, 3.05) is 6.61 Å². The van der Waals surface area contributed by atoms with Crippen LogP contribution in [-0.4, -0.2) is 28.0 Å². The SMILES string of the molecule is CCOC(=O)Cn1[nH]c(COC(C)(C)C)c(Cc2c(Cl)cccc2Cl)c1=O. The molecule has 1 N–H and O–H groups in total. The molecule has 27 heavy (non-hydrogen) atoms. The summed E-state index contributed by atoms with van der Waals surface area (Å²) in [6, 6.07) is 5.18. The van der Waals surface area contributed by atoms with Gasteiger partial charge in [-0.05, 0) is 45.4 Å². The van der Waals surface area contributed by atoms with Gasteiger partial charge >= 0.3 is 5.97 Å². The number of esters is 1. The average Bonchev–Trinajstić information content (AvgIpc) is 2.84. The van der Waals surface area contributed by atoms with E-state index in [1.54, 1.807) is 25.1 Å². The number of benzene rings is 1. The Morgan fingerprint density at radius 2 is 1.81 bits per heavy atom. The lowest BCUT2D eigenvalue weighted by Crippen LogP contribution is -2.25. The zero-order valence-electron chi connectivity index (χ0n) is 15.9. The summed E-state index contributed by atoms with van der Waals surface area (Å²) in [4.78, 5) is 24.7. The fourth-order valence-corrected chi connectivity index (χ4v) is 3.02. The molecule has 0 aliphatic heterocycles. The lowest BCUT2D eigenvalue weighted by Gasteiger charge is -2.19. The van der Waals surface area contributed by atoms with Gasteiger partial charge < -0.3 is 9.47 Å². The van der Waals surface area contributed by atoms with E-state index in [0.717, 1.165) is 0 Å². The molecule has 0 aliphatic carbocycles. The molecule has 0 saturated heterocycles. The van der Waals surface area contributed by atoms with Gasteiger partial charge in [0.2, 0.25) is 0 Å². The van der Waals surface area contributed by atoms with Crippen LogP contribution < -0.4 is 5.56 Å². The first-order valence-electron chi connectivity index (χ1n) is 8.65. The fraction of sp³-hybridized carbons (Fsp3) is 0.474. The molecule has 0 bridgehead atoms. The van der Waals surface area contributed by atoms with Crippen molar-refractivity contribution in [1.82, 2.24) is 9.78 Å². The van der Waals surface area contributed by atoms with Gasteiger partial charge in [-0.15, -0.1) is 0 Å². The van der Waals surface area contributed by atoms with Gasteiger partial charge in [0.25, 0.3) is 5.56 Å². The lowest BCUT2D eigenvalue weighted by molar-refractivity contribution is -0.144. The van der Waals surface area contributed by atoms with E-state index in [2.05, 4.69) is 5.10 Å². The zero-order valence-corrected chi connectivity index (χ0v) is 17.4. The van der Waals surface area contributed by atoms with Crippen molar-refractivity contribution in [2.45, 2.75) is 52.9 Å². The first kappa shape index (κ1) is 21.5. The maximum absolute atomic E-state index is 12.9. The number of aromatic amines is 1. The summed E-state index contributed by atoms with van der Waals surface area (Å²) in [7, 11) is 0. The molecule has 1 heterocycles. The van der Waals surface area contributed by atoms with Gasteiger partial charge in [-0.25, -0.2) is 4.68 Å². The highest BCUT2D eigenvalue weighted by molar-refractivity contribution is 6.36. The van der Waals surface area contributed by atoms with Crippen LogP contribution in [0.2, 0.25) is 10.0 Å². The minimum absolute atomic E-state index is 0.186. The first-order chi connectivity index (χ1) is 12.6. The highest BCUT2D eigenvalue weighted by Gasteiger charge is 2.21. The molecule has 1 aromatic heterocycles. The van der Waals surface area contributed by atoms with Crippen molar-refractivity contribution in [1.29, 1.82) is 0 Å². The molecule has 2 aromatic rings. The smallest absolute Gasteiger partial charge is 0.327 e. The monoisotopic (exact) mass is 414 g/mol. The molecule has 0 radical (unpaired) electrons. The van der Waals surface area contributed by atoms with Gasteiger partial charge in [0.15, 0.2) is 0 Å². The largest absolute Gasteiger partial charge is 0.465 e. The molecule has 0 saturated carbocycles. The Bertz CT molecular complexity index is 845. The van der Waals surface area contributed by atoms with Gasteiger partial charge in [-0.2, -0.15) is 0 Å². The fourth-order valence-electron chi connectivity index (χ4n) is 2.49. The summed E-state index contributed by atoms with van der Waals surface area (Å²) in [5.74, 6) is -0.494. The van der Waals surface area contributed by atoms with Gasteiger partial charge in [0, 0.05) is 22.0 Å². The number of H-pyrrole nitrogens is 1. The van der Waals surface area contributed by atoms with E-state index in [0.29, 0.717) is 26.9 Å². The minimum Gasteiger partial charge on any atom is -0.465 e. The molecule has 0 fully saturated rings. The van der Waals surface area contributed by atoms with Crippen molar-refractivity contribution < 1.29 is 14.3 Å². The van der Waals surface area contributed by atoms with Crippen LogP contribution in [0.4, 0.5) is 0 Å². The third kappa shape index (κ3) is 5.86. The second kappa shape index (κ2) is 8.95. The van der Waals surface area contributed by atoms with Crippen molar-refractivity contribution >= 4 is 29.2 Å². The average molecular weight is 415 g/mol. The third-order valence-corrected chi connectivity index (χ3v) is 4.50. The predicted molar refractivity (Wildman–Crippen MR) is 105 cm³/mol. The Morgan fingerprint density at radius 1 is 1.19 bits per heavy atom. The molecule has 0 amide bonds. The number of carbonyl (C=O) groups is 1. The molecule has 0 atom stereocenters. The molecule has 2 rings (SSSR count). The van der Waals surface area contributed by atoms with E-state index in [-0.39, 0.29) is 37.3 Å². The molecule has 0 unspecified atom stereocenters. The highest BCUT2D eigenvalue weighted by atomic mass is 35.5. The summed E-state index contributed by atoms with van der Waals surface area (Å²) in [6.45, 7) is 7.71. The number of rotatable bonds is 7. The lowest BCUT2D eigenvalue weighted by atomic mass is 10.1. The summed E-state index contributed by atoms with van der Waals surface area (Å²) < 4.78 is 12.0. The molecular weight excluding hydrogens is 391 g/mol. The van der Waals surface area contributed by atoms with Gasteiger partial charge in [-0.3, -0.25) is 14.7 Å². The Labute approximate surface area is 168 Å². The second-order valence-electron chi connectivity index (χ2n) is 7.04. The van der Waals surface area contributed by atoms with Crippen LogP contribution in [-0.2, 0) is 33.8 Å². The maximum atomic E-state index is 12.9. The number of carbonyl (C=O) groups excluding carboxylic acids is 1. The van der Waals surface area contributed by atoms with Crippen LogP contribution >= 0.6 is 23.2 Å². The van der Waals surface area contributed by atoms with Crippen LogP contribution in [0.15, 0.2) is 23.0 Å². The van der Waals surface area contributed by atoms with E-state index < -0.39 is 5.97 Å². The summed E-state index contributed by atoms with van der Waals surface area (Å²) in [5, 5.41) is 3.91. The summed E-state index contributed by atoms with van der Waals surface area (Å²) in [5.41, 5.74) is 0.969. The Hall–Kier alpha value is -1.76. The topological polar surface area (TPSA) is 73.3 Å². The van der Waals surface area contributed by atoms with Gasteiger partial charge in [0.1, 0.15) is 6.54 Å². The minimum atomic E-state index is -0.494. The number of nitrogens with zero attached hydrogens (tertiary/aromatic N) is 1. The van der Waals surface area contributed by atoms with Crippen LogP contribution in [0, 0.1) is 0 Å². The Morgan fingerprint density at radius 3 is 2.37 bits per heavy atom.